The maximum atomic E-state index is 11.3. The summed E-state index contributed by atoms with van der Waals surface area (Å²) in [7, 11) is 0. The number of hydrogen-bond donors (Lipinski definition) is 2. The van der Waals surface area contributed by atoms with E-state index < -0.39 is 5.97 Å². The SMILES string of the molecule is Cc1cccc(CNc2nc3cc4cc(C(=O)O)ccc4n3c3cnccc23)c1. The minimum absolute atomic E-state index is 0.258. The molecule has 2 N–H and O–H groups in total. The molecule has 0 aliphatic carbocycles. The first-order valence-corrected chi connectivity index (χ1v) is 9.32. The average Bonchev–Trinajstić information content (AvgIpc) is 3.09. The zero-order valence-electron chi connectivity index (χ0n) is 15.8. The van der Waals surface area contributed by atoms with Gasteiger partial charge in [0.15, 0.2) is 0 Å². The van der Waals surface area contributed by atoms with Gasteiger partial charge in [-0.2, -0.15) is 0 Å². The molecule has 0 aliphatic rings. The van der Waals surface area contributed by atoms with Crippen LogP contribution in [-0.4, -0.2) is 25.4 Å². The summed E-state index contributed by atoms with van der Waals surface area (Å²) in [5, 5.41) is 14.5. The van der Waals surface area contributed by atoms with Crippen LogP contribution in [0.5, 0.6) is 0 Å². The van der Waals surface area contributed by atoms with Crippen molar-refractivity contribution in [2.45, 2.75) is 13.5 Å². The van der Waals surface area contributed by atoms with Crippen molar-refractivity contribution in [2.75, 3.05) is 5.32 Å². The second-order valence-corrected chi connectivity index (χ2v) is 7.11. The van der Waals surface area contributed by atoms with Crippen LogP contribution in [0, 0.1) is 6.92 Å². The van der Waals surface area contributed by atoms with E-state index in [1.807, 2.05) is 34.9 Å². The Balaban J connectivity index is 1.67. The van der Waals surface area contributed by atoms with Crippen molar-refractivity contribution in [1.82, 2.24) is 14.4 Å². The summed E-state index contributed by atoms with van der Waals surface area (Å²) in [6.07, 6.45) is 3.56. The molecule has 6 heteroatoms. The van der Waals surface area contributed by atoms with Gasteiger partial charge in [0.05, 0.1) is 22.8 Å². The van der Waals surface area contributed by atoms with Crippen LogP contribution in [0.3, 0.4) is 0 Å². The Morgan fingerprint density at radius 1 is 1.10 bits per heavy atom. The van der Waals surface area contributed by atoms with E-state index in [4.69, 9.17) is 4.98 Å². The highest BCUT2D eigenvalue weighted by atomic mass is 16.4. The number of aromatic nitrogens is 3. The third-order valence-electron chi connectivity index (χ3n) is 5.09. The standard InChI is InChI=1S/C23H18N4O2/c1-14-3-2-4-15(9-14)12-25-22-18-7-8-24-13-20(18)27-19-6-5-16(23(28)29)10-17(19)11-21(27)26-22/h2-11,13H,12H2,1H3,(H,25,26)(H,28,29). The quantitative estimate of drug-likeness (QED) is 0.473. The van der Waals surface area contributed by atoms with Crippen LogP contribution in [0.1, 0.15) is 21.5 Å². The molecule has 0 fully saturated rings. The fourth-order valence-electron chi connectivity index (χ4n) is 3.75. The molecule has 5 rings (SSSR count). The highest BCUT2D eigenvalue weighted by Crippen LogP contribution is 2.29. The number of hydrogen-bond acceptors (Lipinski definition) is 4. The van der Waals surface area contributed by atoms with Crippen molar-refractivity contribution in [1.29, 1.82) is 0 Å². The van der Waals surface area contributed by atoms with E-state index in [0.29, 0.717) is 6.54 Å². The van der Waals surface area contributed by atoms with Crippen LogP contribution < -0.4 is 5.32 Å². The van der Waals surface area contributed by atoms with Gasteiger partial charge in [-0.25, -0.2) is 9.78 Å². The first kappa shape index (κ1) is 17.2. The predicted molar refractivity (Wildman–Crippen MR) is 113 cm³/mol. The van der Waals surface area contributed by atoms with Gasteiger partial charge in [0.1, 0.15) is 11.5 Å². The van der Waals surface area contributed by atoms with Crippen molar-refractivity contribution < 1.29 is 9.90 Å². The molecule has 142 valence electrons. The van der Waals surface area contributed by atoms with Crippen LogP contribution in [0.4, 0.5) is 5.82 Å². The maximum Gasteiger partial charge on any atom is 0.335 e. The van der Waals surface area contributed by atoms with Gasteiger partial charge >= 0.3 is 5.97 Å². The number of aromatic carboxylic acids is 1. The fraction of sp³-hybridized carbons (Fsp3) is 0.0870. The van der Waals surface area contributed by atoms with Crippen molar-refractivity contribution in [2.24, 2.45) is 0 Å². The second-order valence-electron chi connectivity index (χ2n) is 7.11. The number of benzene rings is 2. The molecule has 29 heavy (non-hydrogen) atoms. The second kappa shape index (κ2) is 6.60. The number of carboxylic acid groups (broad SMARTS) is 1. The molecule has 0 saturated heterocycles. The number of carbonyl (C=O) groups is 1. The summed E-state index contributed by atoms with van der Waals surface area (Å²) in [6, 6.07) is 17.3. The summed E-state index contributed by atoms with van der Waals surface area (Å²) in [5.74, 6) is -0.167. The molecule has 6 nitrogen and oxygen atoms in total. The highest BCUT2D eigenvalue weighted by Gasteiger charge is 2.13. The normalized spacial score (nSPS) is 11.3. The molecule has 0 bridgehead atoms. The molecule has 0 saturated carbocycles. The summed E-state index contributed by atoms with van der Waals surface area (Å²) in [6.45, 7) is 2.73. The number of pyridine rings is 1. The van der Waals surface area contributed by atoms with E-state index in [1.165, 1.54) is 11.1 Å². The number of rotatable bonds is 4. The Morgan fingerprint density at radius 2 is 2.00 bits per heavy atom. The summed E-state index contributed by atoms with van der Waals surface area (Å²) >= 11 is 0. The van der Waals surface area contributed by atoms with Crippen LogP contribution in [0.2, 0.25) is 0 Å². The van der Waals surface area contributed by atoms with Gasteiger partial charge in [-0.15, -0.1) is 0 Å². The van der Waals surface area contributed by atoms with Crippen molar-refractivity contribution >= 4 is 39.2 Å². The first-order chi connectivity index (χ1) is 14.1. The zero-order chi connectivity index (χ0) is 20.0. The van der Waals surface area contributed by atoms with Crippen LogP contribution in [-0.2, 0) is 6.54 Å². The first-order valence-electron chi connectivity index (χ1n) is 9.32. The Labute approximate surface area is 166 Å². The molecule has 0 spiro atoms. The predicted octanol–water partition coefficient (Wildman–Crippen LogP) is 4.65. The van der Waals surface area contributed by atoms with Gasteiger partial charge < -0.3 is 10.4 Å². The highest BCUT2D eigenvalue weighted by molar-refractivity contribution is 6.00. The largest absolute Gasteiger partial charge is 0.478 e. The van der Waals surface area contributed by atoms with Crippen LogP contribution >= 0.6 is 0 Å². The Bertz CT molecular complexity index is 1400. The van der Waals surface area contributed by atoms with Gasteiger partial charge in [-0.3, -0.25) is 9.38 Å². The minimum Gasteiger partial charge on any atom is -0.478 e. The number of carboxylic acids is 1. The fourth-order valence-corrected chi connectivity index (χ4v) is 3.75. The van der Waals surface area contributed by atoms with E-state index in [9.17, 15) is 9.90 Å². The molecular weight excluding hydrogens is 364 g/mol. The lowest BCUT2D eigenvalue weighted by Crippen LogP contribution is -2.04. The topological polar surface area (TPSA) is 79.5 Å². The molecule has 0 aliphatic heterocycles. The molecule has 0 amide bonds. The van der Waals surface area contributed by atoms with Gasteiger partial charge in [0, 0.05) is 23.5 Å². The number of nitrogens with zero attached hydrogens (tertiary/aromatic N) is 3. The lowest BCUT2D eigenvalue weighted by atomic mass is 10.1. The molecule has 0 atom stereocenters. The number of aryl methyl sites for hydroxylation is 1. The van der Waals surface area contributed by atoms with Crippen molar-refractivity contribution in [3.63, 3.8) is 0 Å². The van der Waals surface area contributed by atoms with Crippen LogP contribution in [0.25, 0.3) is 27.5 Å². The van der Waals surface area contributed by atoms with Gasteiger partial charge in [0.2, 0.25) is 0 Å². The average molecular weight is 382 g/mol. The summed E-state index contributed by atoms with van der Waals surface area (Å²) < 4.78 is 2.02. The monoisotopic (exact) mass is 382 g/mol. The molecular formula is C23H18N4O2. The summed E-state index contributed by atoms with van der Waals surface area (Å²) in [5.41, 5.74) is 5.22. The Kier molecular flexibility index (Phi) is 3.91. The Morgan fingerprint density at radius 3 is 2.83 bits per heavy atom. The third-order valence-corrected chi connectivity index (χ3v) is 5.09. The molecule has 2 aromatic carbocycles. The maximum absolute atomic E-state index is 11.3. The number of nitrogens with one attached hydrogen (secondary N) is 1. The lowest BCUT2D eigenvalue weighted by Gasteiger charge is -2.11. The third kappa shape index (κ3) is 2.95. The number of anilines is 1. The van der Waals surface area contributed by atoms with Crippen molar-refractivity contribution in [3.8, 4) is 0 Å². The molecule has 3 heterocycles. The number of fused-ring (bicyclic) bond motifs is 5. The Hall–Kier alpha value is -3.93. The van der Waals surface area contributed by atoms with E-state index >= 15 is 0 Å². The molecule has 0 radical (unpaired) electrons. The minimum atomic E-state index is -0.942. The smallest absolute Gasteiger partial charge is 0.335 e. The van der Waals surface area contributed by atoms with E-state index in [1.54, 1.807) is 18.3 Å². The molecule has 0 unspecified atom stereocenters. The van der Waals surface area contributed by atoms with Gasteiger partial charge in [0.25, 0.3) is 0 Å². The van der Waals surface area contributed by atoms with Crippen molar-refractivity contribution in [3.05, 3.63) is 83.7 Å². The van der Waals surface area contributed by atoms with Crippen LogP contribution in [0.15, 0.2) is 67.0 Å². The molecule has 3 aromatic heterocycles. The van der Waals surface area contributed by atoms with E-state index in [2.05, 4.69) is 35.4 Å². The van der Waals surface area contributed by atoms with E-state index in [-0.39, 0.29) is 5.56 Å². The van der Waals surface area contributed by atoms with Gasteiger partial charge in [-0.1, -0.05) is 29.8 Å². The molecule has 5 aromatic rings. The lowest BCUT2D eigenvalue weighted by molar-refractivity contribution is 0.0697. The zero-order valence-corrected chi connectivity index (χ0v) is 15.8. The van der Waals surface area contributed by atoms with Gasteiger partial charge in [-0.05, 0) is 42.8 Å². The summed E-state index contributed by atoms with van der Waals surface area (Å²) in [4.78, 5) is 20.5. The van der Waals surface area contributed by atoms with E-state index in [0.717, 1.165) is 33.3 Å².